The third kappa shape index (κ3) is 2.52. The quantitative estimate of drug-likeness (QED) is 0.798. The Bertz CT molecular complexity index is 701. The average molecular weight is 283 g/mol. The van der Waals surface area contributed by atoms with Crippen molar-refractivity contribution >= 4 is 23.5 Å². The molecule has 6 heteroatoms. The number of rotatable bonds is 4. The van der Waals surface area contributed by atoms with Crippen molar-refractivity contribution in [3.63, 3.8) is 0 Å². The van der Waals surface area contributed by atoms with Gasteiger partial charge in [-0.25, -0.2) is 4.98 Å². The molecular formula is C14H13N5S. The van der Waals surface area contributed by atoms with E-state index in [1.165, 1.54) is 11.3 Å². The molecule has 0 radical (unpaired) electrons. The minimum atomic E-state index is 0.347. The summed E-state index contributed by atoms with van der Waals surface area (Å²) in [4.78, 5) is 4.25. The number of nitrogens with zero attached hydrogens (tertiary/aromatic N) is 4. The van der Waals surface area contributed by atoms with Gasteiger partial charge < -0.3 is 5.73 Å². The third-order valence-corrected chi connectivity index (χ3v) is 3.55. The molecule has 5 nitrogen and oxygen atoms in total. The number of hydrogen-bond acceptors (Lipinski definition) is 5. The highest BCUT2D eigenvalue weighted by atomic mass is 32.1. The maximum Gasteiger partial charge on any atom is 0.212 e. The topological polar surface area (TPSA) is 69.6 Å². The van der Waals surface area contributed by atoms with Crippen LogP contribution in [0.25, 0.3) is 17.3 Å². The normalized spacial score (nSPS) is 11.2. The van der Waals surface area contributed by atoms with Gasteiger partial charge in [-0.1, -0.05) is 41.6 Å². The van der Waals surface area contributed by atoms with Gasteiger partial charge in [0.15, 0.2) is 0 Å². The molecule has 0 unspecified atom stereocenters. The van der Waals surface area contributed by atoms with Gasteiger partial charge in [0.25, 0.3) is 0 Å². The van der Waals surface area contributed by atoms with E-state index in [-0.39, 0.29) is 0 Å². The zero-order valence-electron chi connectivity index (χ0n) is 10.7. The number of hydrogen-bond donors (Lipinski definition) is 1. The molecule has 0 saturated carbocycles. The second kappa shape index (κ2) is 5.77. The second-order valence-electron chi connectivity index (χ2n) is 4.10. The fourth-order valence-electron chi connectivity index (χ4n) is 1.83. The monoisotopic (exact) mass is 283 g/mol. The predicted octanol–water partition coefficient (Wildman–Crippen LogP) is 2.35. The van der Waals surface area contributed by atoms with E-state index in [4.69, 9.17) is 5.73 Å². The molecule has 0 atom stereocenters. The fourth-order valence-corrected chi connectivity index (χ4v) is 2.43. The second-order valence-corrected chi connectivity index (χ2v) is 4.97. The number of benzene rings is 1. The van der Waals surface area contributed by atoms with Gasteiger partial charge in [0.2, 0.25) is 5.13 Å². The predicted molar refractivity (Wildman–Crippen MR) is 80.3 cm³/mol. The molecule has 0 bridgehead atoms. The van der Waals surface area contributed by atoms with Crippen LogP contribution >= 0.6 is 11.3 Å². The van der Waals surface area contributed by atoms with Crippen LogP contribution in [0, 0.1) is 0 Å². The minimum Gasteiger partial charge on any atom is -0.325 e. The van der Waals surface area contributed by atoms with E-state index < -0.39 is 0 Å². The molecule has 20 heavy (non-hydrogen) atoms. The van der Waals surface area contributed by atoms with E-state index in [2.05, 4.69) is 15.3 Å². The first-order valence-electron chi connectivity index (χ1n) is 6.16. The van der Waals surface area contributed by atoms with Crippen molar-refractivity contribution in [1.29, 1.82) is 0 Å². The summed E-state index contributed by atoms with van der Waals surface area (Å²) in [6, 6.07) is 10.1. The highest BCUT2D eigenvalue weighted by Crippen LogP contribution is 2.17. The lowest BCUT2D eigenvalue weighted by atomic mass is 10.2. The summed E-state index contributed by atoms with van der Waals surface area (Å²) in [6.07, 6.45) is 5.73. The Labute approximate surface area is 120 Å². The molecule has 3 aromatic rings. The van der Waals surface area contributed by atoms with E-state index in [0.717, 1.165) is 22.1 Å². The van der Waals surface area contributed by atoms with Crippen LogP contribution in [0.15, 0.2) is 41.9 Å². The van der Waals surface area contributed by atoms with Crippen molar-refractivity contribution in [3.8, 4) is 5.13 Å². The van der Waals surface area contributed by atoms with Crippen LogP contribution in [0.5, 0.6) is 0 Å². The van der Waals surface area contributed by atoms with Gasteiger partial charge in [0.05, 0.1) is 5.69 Å². The van der Waals surface area contributed by atoms with Gasteiger partial charge in [-0.3, -0.25) is 0 Å². The highest BCUT2D eigenvalue weighted by molar-refractivity contribution is 7.12. The van der Waals surface area contributed by atoms with Crippen molar-refractivity contribution in [2.45, 2.75) is 6.54 Å². The van der Waals surface area contributed by atoms with E-state index in [1.807, 2.05) is 47.9 Å². The first-order valence-corrected chi connectivity index (χ1v) is 7.04. The first-order chi connectivity index (χ1) is 9.88. The lowest BCUT2D eigenvalue weighted by molar-refractivity contribution is 0.787. The molecule has 0 saturated heterocycles. The van der Waals surface area contributed by atoms with Gasteiger partial charge in [-0.05, 0) is 11.6 Å². The summed E-state index contributed by atoms with van der Waals surface area (Å²) >= 11 is 1.51. The molecule has 3 rings (SSSR count). The van der Waals surface area contributed by atoms with Gasteiger partial charge >= 0.3 is 0 Å². The van der Waals surface area contributed by atoms with Gasteiger partial charge in [-0.15, -0.1) is 16.4 Å². The van der Waals surface area contributed by atoms with Crippen molar-refractivity contribution in [1.82, 2.24) is 20.0 Å². The first kappa shape index (κ1) is 12.7. The van der Waals surface area contributed by atoms with Gasteiger partial charge in [0, 0.05) is 18.1 Å². The Morgan fingerprint density at radius 2 is 2.05 bits per heavy atom. The van der Waals surface area contributed by atoms with Gasteiger partial charge in [-0.2, -0.15) is 4.68 Å². The Morgan fingerprint density at radius 1 is 1.20 bits per heavy atom. The van der Waals surface area contributed by atoms with Crippen molar-refractivity contribution in [2.24, 2.45) is 5.73 Å². The fraction of sp³-hybridized carbons (Fsp3) is 0.0714. The number of nitrogens with two attached hydrogens (primary N) is 1. The lowest BCUT2D eigenvalue weighted by Gasteiger charge is -1.99. The SMILES string of the molecule is NCc1nnn(-c2nccs2)c1/C=C/c1ccccc1. The molecule has 0 aliphatic heterocycles. The molecule has 0 aliphatic carbocycles. The highest BCUT2D eigenvalue weighted by Gasteiger charge is 2.11. The van der Waals surface area contributed by atoms with E-state index in [1.54, 1.807) is 10.9 Å². The Morgan fingerprint density at radius 3 is 2.75 bits per heavy atom. The van der Waals surface area contributed by atoms with Crippen LogP contribution < -0.4 is 5.73 Å². The van der Waals surface area contributed by atoms with E-state index in [0.29, 0.717) is 6.54 Å². The molecule has 0 aliphatic rings. The molecule has 0 amide bonds. The summed E-state index contributed by atoms with van der Waals surface area (Å²) in [5.41, 5.74) is 8.46. The molecule has 1 aromatic carbocycles. The van der Waals surface area contributed by atoms with Gasteiger partial charge in [0.1, 0.15) is 5.69 Å². The standard InChI is InChI=1S/C14H13N5S/c15-10-12-13(7-6-11-4-2-1-3-5-11)19(18-17-12)14-16-8-9-20-14/h1-9H,10,15H2/b7-6+. The van der Waals surface area contributed by atoms with Crippen LogP contribution in [-0.2, 0) is 6.54 Å². The summed E-state index contributed by atoms with van der Waals surface area (Å²) in [5.74, 6) is 0. The largest absolute Gasteiger partial charge is 0.325 e. The minimum absolute atomic E-state index is 0.347. The Hall–Kier alpha value is -2.31. The van der Waals surface area contributed by atoms with E-state index in [9.17, 15) is 0 Å². The Balaban J connectivity index is 2.00. The Kier molecular flexibility index (Phi) is 3.67. The smallest absolute Gasteiger partial charge is 0.212 e. The molecular weight excluding hydrogens is 270 g/mol. The van der Waals surface area contributed by atoms with Crippen molar-refractivity contribution in [2.75, 3.05) is 0 Å². The zero-order valence-corrected chi connectivity index (χ0v) is 11.5. The number of aromatic nitrogens is 4. The number of thiazole rings is 1. The maximum absolute atomic E-state index is 5.72. The summed E-state index contributed by atoms with van der Waals surface area (Å²) in [6.45, 7) is 0.347. The molecule has 2 aromatic heterocycles. The van der Waals surface area contributed by atoms with Crippen LogP contribution in [-0.4, -0.2) is 20.0 Å². The molecule has 0 fully saturated rings. The lowest BCUT2D eigenvalue weighted by Crippen LogP contribution is -2.02. The van der Waals surface area contributed by atoms with Crippen LogP contribution in [0.2, 0.25) is 0 Å². The summed E-state index contributed by atoms with van der Waals surface area (Å²) in [5, 5.41) is 10.9. The van der Waals surface area contributed by atoms with Crippen LogP contribution in [0.4, 0.5) is 0 Å². The van der Waals surface area contributed by atoms with E-state index >= 15 is 0 Å². The molecule has 0 spiro atoms. The summed E-state index contributed by atoms with van der Waals surface area (Å²) in [7, 11) is 0. The van der Waals surface area contributed by atoms with Crippen LogP contribution in [0.3, 0.4) is 0 Å². The van der Waals surface area contributed by atoms with Crippen molar-refractivity contribution < 1.29 is 0 Å². The zero-order chi connectivity index (χ0) is 13.8. The third-order valence-electron chi connectivity index (χ3n) is 2.81. The molecule has 2 heterocycles. The maximum atomic E-state index is 5.72. The summed E-state index contributed by atoms with van der Waals surface area (Å²) < 4.78 is 1.71. The molecule has 100 valence electrons. The van der Waals surface area contributed by atoms with Crippen LogP contribution in [0.1, 0.15) is 17.0 Å². The molecule has 2 N–H and O–H groups in total. The average Bonchev–Trinajstić information content (AvgIpc) is 3.14. The van der Waals surface area contributed by atoms with Crippen molar-refractivity contribution in [3.05, 3.63) is 58.9 Å².